The molecule has 0 aromatic heterocycles. The van der Waals surface area contributed by atoms with Crippen LogP contribution >= 0.6 is 0 Å². The van der Waals surface area contributed by atoms with Crippen molar-refractivity contribution in [3.63, 3.8) is 0 Å². The molecule has 1 saturated heterocycles. The average Bonchev–Trinajstić information content (AvgIpc) is 2.97. The largest absolute Gasteiger partial charge is 0.445 e. The van der Waals surface area contributed by atoms with Gasteiger partial charge >= 0.3 is 6.09 Å². The monoisotopic (exact) mass is 542 g/mol. The maximum Gasteiger partial charge on any atom is 0.410 e. The summed E-state index contributed by atoms with van der Waals surface area (Å²) in [5, 5.41) is 11.2. The van der Waals surface area contributed by atoms with Crippen molar-refractivity contribution in [1.82, 2.24) is 15.1 Å². The first kappa shape index (κ1) is 30.0. The van der Waals surface area contributed by atoms with Crippen molar-refractivity contribution in [3.05, 3.63) is 71.0 Å². The Bertz CT molecular complexity index is 1040. The van der Waals surface area contributed by atoms with E-state index < -0.39 is 17.8 Å². The van der Waals surface area contributed by atoms with E-state index in [0.717, 1.165) is 18.7 Å². The van der Waals surface area contributed by atoms with Crippen molar-refractivity contribution in [1.29, 1.82) is 0 Å². The molecular formula is C29H39FN4O5. The third-order valence-electron chi connectivity index (χ3n) is 7.19. The van der Waals surface area contributed by atoms with Crippen LogP contribution in [-0.2, 0) is 20.9 Å². The number of β-amino-alcohol motifs (C(OH)–C–C–N with tert-alkyl or cyclic N) is 1. The molecule has 0 spiro atoms. The second-order valence-electron chi connectivity index (χ2n) is 9.85. The van der Waals surface area contributed by atoms with Gasteiger partial charge in [0, 0.05) is 32.7 Å². The number of aliphatic hydroxyl groups is 1. The fraction of sp³-hybridized carbons (Fsp3) is 0.483. The number of carbonyl (C=O) groups is 3. The van der Waals surface area contributed by atoms with E-state index >= 15 is 0 Å². The Morgan fingerprint density at radius 1 is 1.03 bits per heavy atom. The van der Waals surface area contributed by atoms with Gasteiger partial charge in [0.1, 0.15) is 18.5 Å². The summed E-state index contributed by atoms with van der Waals surface area (Å²) in [6, 6.07) is 12.8. The van der Waals surface area contributed by atoms with Gasteiger partial charge in [0.15, 0.2) is 0 Å². The van der Waals surface area contributed by atoms with Crippen molar-refractivity contribution >= 4 is 18.4 Å². The zero-order valence-corrected chi connectivity index (χ0v) is 22.3. The van der Waals surface area contributed by atoms with Crippen LogP contribution in [0.4, 0.5) is 9.18 Å². The molecule has 1 aliphatic carbocycles. The van der Waals surface area contributed by atoms with Crippen molar-refractivity contribution < 1.29 is 28.6 Å². The van der Waals surface area contributed by atoms with Crippen molar-refractivity contribution in [3.8, 4) is 0 Å². The summed E-state index contributed by atoms with van der Waals surface area (Å²) in [4.78, 5) is 37.1. The Morgan fingerprint density at radius 2 is 1.67 bits per heavy atom. The number of nitrogens with zero attached hydrogens (tertiary/aromatic N) is 2. The normalized spacial score (nSPS) is 16.9. The number of halogens is 1. The molecule has 0 bridgehead atoms. The molecule has 3 amide bonds. The third-order valence-corrected chi connectivity index (χ3v) is 7.19. The molecule has 1 unspecified atom stereocenters. The van der Waals surface area contributed by atoms with Gasteiger partial charge in [0.05, 0.1) is 6.61 Å². The molecule has 2 aromatic rings. The molecule has 1 heterocycles. The number of hydrogen-bond acceptors (Lipinski definition) is 6. The molecule has 0 radical (unpaired) electrons. The lowest BCUT2D eigenvalue weighted by molar-refractivity contribution is -0.122. The third kappa shape index (κ3) is 9.63. The van der Waals surface area contributed by atoms with E-state index in [1.165, 1.54) is 61.9 Å². The summed E-state index contributed by atoms with van der Waals surface area (Å²) < 4.78 is 18.0. The van der Waals surface area contributed by atoms with E-state index in [0.29, 0.717) is 44.1 Å². The van der Waals surface area contributed by atoms with Crippen LogP contribution in [0.5, 0.6) is 0 Å². The Kier molecular flexibility index (Phi) is 12.2. The maximum atomic E-state index is 12.5. The molecule has 4 rings (SSSR count). The van der Waals surface area contributed by atoms with Crippen molar-refractivity contribution in [2.24, 2.45) is 5.73 Å². The predicted molar refractivity (Wildman–Crippen MR) is 145 cm³/mol. The van der Waals surface area contributed by atoms with Crippen LogP contribution in [-0.4, -0.2) is 72.6 Å². The van der Waals surface area contributed by atoms with Gasteiger partial charge in [-0.3, -0.25) is 14.5 Å². The number of piperazine rings is 1. The number of rotatable bonds is 9. The van der Waals surface area contributed by atoms with Crippen LogP contribution in [0.3, 0.4) is 0 Å². The highest BCUT2D eigenvalue weighted by Gasteiger charge is 2.22. The smallest absolute Gasteiger partial charge is 0.410 e. The number of ether oxygens (including phenoxy) is 1. The van der Waals surface area contributed by atoms with Crippen LogP contribution in [0.1, 0.15) is 60.8 Å². The SMILES string of the molecule is NC(=O)C(NC=O)c1ccc(F)cc1.O=C(OCc1ccc(C2CCCCC2)cc1)N1CCN(CCO)CC1. The van der Waals surface area contributed by atoms with Gasteiger partial charge in [0.2, 0.25) is 12.3 Å². The lowest BCUT2D eigenvalue weighted by Gasteiger charge is -2.33. The Hall–Kier alpha value is -3.50. The zero-order valence-electron chi connectivity index (χ0n) is 22.3. The lowest BCUT2D eigenvalue weighted by atomic mass is 9.84. The highest BCUT2D eigenvalue weighted by molar-refractivity contribution is 5.83. The molecule has 9 nitrogen and oxygen atoms in total. The Morgan fingerprint density at radius 3 is 2.23 bits per heavy atom. The van der Waals surface area contributed by atoms with E-state index in [-0.39, 0.29) is 12.7 Å². The molecule has 10 heteroatoms. The van der Waals surface area contributed by atoms with Gasteiger partial charge in [0.25, 0.3) is 0 Å². The second kappa shape index (κ2) is 15.8. The van der Waals surface area contributed by atoms with Crippen molar-refractivity contribution in [2.45, 2.75) is 50.7 Å². The number of nitrogens with two attached hydrogens (primary N) is 1. The summed E-state index contributed by atoms with van der Waals surface area (Å²) in [6.45, 7) is 4.11. The Labute approximate surface area is 229 Å². The fourth-order valence-corrected chi connectivity index (χ4v) is 4.92. The van der Waals surface area contributed by atoms with Crippen molar-refractivity contribution in [2.75, 3.05) is 39.3 Å². The summed E-state index contributed by atoms with van der Waals surface area (Å²) in [5.41, 5.74) is 7.96. The summed E-state index contributed by atoms with van der Waals surface area (Å²) in [5.74, 6) is -0.396. The molecule has 1 aliphatic heterocycles. The molecule has 212 valence electrons. The van der Waals surface area contributed by atoms with E-state index in [2.05, 4.69) is 34.5 Å². The van der Waals surface area contributed by atoms with Gasteiger partial charge in [-0.15, -0.1) is 0 Å². The summed E-state index contributed by atoms with van der Waals surface area (Å²) >= 11 is 0. The van der Waals surface area contributed by atoms with Gasteiger partial charge in [-0.25, -0.2) is 9.18 Å². The molecule has 4 N–H and O–H groups in total. The summed E-state index contributed by atoms with van der Waals surface area (Å²) in [6.07, 6.45) is 6.80. The standard InChI is InChI=1S/C20H30N2O3.C9H9FN2O2/c23-15-14-21-10-12-22(13-11-21)20(24)25-16-17-6-8-19(9-7-17)18-4-2-1-3-5-18;10-7-3-1-6(2-4-7)8(9(11)14)12-5-13/h6-9,18,23H,1-5,10-16H2;1-5,8H,(H2,11,14)(H,12,13). The molecule has 1 saturated carbocycles. The number of nitrogens with one attached hydrogen (secondary N) is 1. The van der Waals surface area contributed by atoms with Gasteiger partial charge in [-0.1, -0.05) is 55.7 Å². The number of benzene rings is 2. The first-order valence-corrected chi connectivity index (χ1v) is 13.5. The van der Waals surface area contributed by atoms with Crippen LogP contribution < -0.4 is 11.1 Å². The molecule has 39 heavy (non-hydrogen) atoms. The minimum absolute atomic E-state index is 0.168. The first-order chi connectivity index (χ1) is 18.9. The minimum atomic E-state index is -0.909. The molecule has 1 atom stereocenters. The Balaban J connectivity index is 0.000000255. The topological polar surface area (TPSA) is 125 Å². The molecule has 2 aliphatic rings. The average molecular weight is 543 g/mol. The lowest BCUT2D eigenvalue weighted by Crippen LogP contribution is -2.49. The second-order valence-corrected chi connectivity index (χ2v) is 9.85. The molecule has 2 aromatic carbocycles. The van der Waals surface area contributed by atoms with Gasteiger partial charge in [-0.05, 0) is 47.6 Å². The first-order valence-electron chi connectivity index (χ1n) is 13.5. The molecule has 2 fully saturated rings. The fourth-order valence-electron chi connectivity index (χ4n) is 4.92. The van der Waals surface area contributed by atoms with Crippen LogP contribution in [0, 0.1) is 5.82 Å². The van der Waals surface area contributed by atoms with Crippen LogP contribution in [0.2, 0.25) is 0 Å². The van der Waals surface area contributed by atoms with Gasteiger partial charge < -0.3 is 25.8 Å². The number of carbonyl (C=O) groups excluding carboxylic acids is 3. The van der Waals surface area contributed by atoms with E-state index in [9.17, 15) is 18.8 Å². The van der Waals surface area contributed by atoms with Crippen LogP contribution in [0.15, 0.2) is 48.5 Å². The quantitative estimate of drug-likeness (QED) is 0.418. The van der Waals surface area contributed by atoms with E-state index in [4.69, 9.17) is 15.6 Å². The van der Waals surface area contributed by atoms with Crippen LogP contribution in [0.25, 0.3) is 0 Å². The zero-order chi connectivity index (χ0) is 28.0. The number of hydrogen-bond donors (Lipinski definition) is 3. The predicted octanol–water partition coefficient (Wildman–Crippen LogP) is 3.08. The number of amides is 3. The highest BCUT2D eigenvalue weighted by Crippen LogP contribution is 2.32. The summed E-state index contributed by atoms with van der Waals surface area (Å²) in [7, 11) is 0. The number of aliphatic hydroxyl groups excluding tert-OH is 1. The molecular weight excluding hydrogens is 503 g/mol. The van der Waals surface area contributed by atoms with Gasteiger partial charge in [-0.2, -0.15) is 0 Å². The van der Waals surface area contributed by atoms with E-state index in [1.807, 2.05) is 0 Å². The van der Waals surface area contributed by atoms with E-state index in [1.54, 1.807) is 4.90 Å². The highest BCUT2D eigenvalue weighted by atomic mass is 19.1. The maximum absolute atomic E-state index is 12.5. The minimum Gasteiger partial charge on any atom is -0.445 e. The number of primary amides is 1.